The summed E-state index contributed by atoms with van der Waals surface area (Å²) in [5.41, 5.74) is -1.72. The van der Waals surface area contributed by atoms with E-state index in [0.717, 1.165) is 12.1 Å². The fraction of sp³-hybridized carbons (Fsp3) is 0.364. The molecule has 20 heavy (non-hydrogen) atoms. The normalized spacial score (nSPS) is 14.8. The highest BCUT2D eigenvalue weighted by atomic mass is 35.5. The van der Waals surface area contributed by atoms with E-state index < -0.39 is 37.3 Å². The van der Waals surface area contributed by atoms with Gasteiger partial charge in [0.25, 0.3) is 0 Å². The summed E-state index contributed by atoms with van der Waals surface area (Å²) in [5, 5.41) is 8.04. The zero-order chi connectivity index (χ0) is 15.7. The van der Waals surface area contributed by atoms with E-state index in [-0.39, 0.29) is 11.4 Å². The SMILES string of the molecule is CCC(C)(NS(=O)(=O)c1ccc(Cl)c(F)c1Cl)C(=O)O. The Balaban J connectivity index is 3.32. The summed E-state index contributed by atoms with van der Waals surface area (Å²) in [6, 6.07) is 2.04. The fourth-order valence-corrected chi connectivity index (χ4v) is 3.52. The first-order valence-corrected chi connectivity index (χ1v) is 7.70. The fourth-order valence-electron chi connectivity index (χ4n) is 1.33. The molecule has 0 aromatic heterocycles. The van der Waals surface area contributed by atoms with Crippen LogP contribution in [0.3, 0.4) is 0 Å². The van der Waals surface area contributed by atoms with Gasteiger partial charge in [-0.1, -0.05) is 30.1 Å². The molecule has 1 aromatic carbocycles. The second-order valence-electron chi connectivity index (χ2n) is 4.27. The minimum absolute atomic E-state index is 0.00471. The number of nitrogens with one attached hydrogen (secondary N) is 1. The van der Waals surface area contributed by atoms with Crippen molar-refractivity contribution < 1.29 is 22.7 Å². The second kappa shape index (κ2) is 5.85. The van der Waals surface area contributed by atoms with Crippen molar-refractivity contribution in [3.8, 4) is 0 Å². The van der Waals surface area contributed by atoms with Crippen molar-refractivity contribution in [3.63, 3.8) is 0 Å². The Labute approximate surface area is 125 Å². The third-order valence-corrected chi connectivity index (χ3v) is 5.24. The van der Waals surface area contributed by atoms with E-state index in [1.54, 1.807) is 0 Å². The van der Waals surface area contributed by atoms with Crippen molar-refractivity contribution in [2.45, 2.75) is 30.7 Å². The van der Waals surface area contributed by atoms with Crippen molar-refractivity contribution >= 4 is 39.2 Å². The van der Waals surface area contributed by atoms with Crippen molar-refractivity contribution in [2.24, 2.45) is 0 Å². The van der Waals surface area contributed by atoms with Gasteiger partial charge in [0.2, 0.25) is 10.0 Å². The van der Waals surface area contributed by atoms with Crippen LogP contribution >= 0.6 is 23.2 Å². The maximum absolute atomic E-state index is 13.5. The van der Waals surface area contributed by atoms with E-state index in [2.05, 4.69) is 0 Å². The number of carboxylic acid groups (broad SMARTS) is 1. The second-order valence-corrected chi connectivity index (χ2v) is 6.71. The number of carbonyl (C=O) groups is 1. The zero-order valence-electron chi connectivity index (χ0n) is 10.6. The van der Waals surface area contributed by atoms with Gasteiger partial charge in [0.1, 0.15) is 10.4 Å². The Kier molecular flexibility index (Phi) is 5.02. The van der Waals surface area contributed by atoms with Crippen LogP contribution in [-0.4, -0.2) is 25.0 Å². The molecule has 2 N–H and O–H groups in total. The number of rotatable bonds is 5. The van der Waals surface area contributed by atoms with Gasteiger partial charge < -0.3 is 5.11 Å². The van der Waals surface area contributed by atoms with Gasteiger partial charge in [-0.2, -0.15) is 4.72 Å². The Bertz CT molecular complexity index is 650. The molecule has 1 unspecified atom stereocenters. The predicted octanol–water partition coefficient (Wildman–Crippen LogP) is 2.66. The number of carboxylic acids is 1. The van der Waals surface area contributed by atoms with Gasteiger partial charge in [0, 0.05) is 0 Å². The van der Waals surface area contributed by atoms with Crippen LogP contribution in [0.5, 0.6) is 0 Å². The first kappa shape index (κ1) is 17.2. The lowest BCUT2D eigenvalue weighted by atomic mass is 10.0. The molecule has 1 atom stereocenters. The van der Waals surface area contributed by atoms with Crippen molar-refractivity contribution in [3.05, 3.63) is 28.0 Å². The van der Waals surface area contributed by atoms with Gasteiger partial charge in [-0.15, -0.1) is 0 Å². The molecule has 0 aliphatic heterocycles. The third-order valence-electron chi connectivity index (χ3n) is 2.83. The first-order chi connectivity index (χ1) is 9.05. The summed E-state index contributed by atoms with van der Waals surface area (Å²) >= 11 is 11.1. The largest absolute Gasteiger partial charge is 0.480 e. The molecule has 112 valence electrons. The van der Waals surface area contributed by atoms with Gasteiger partial charge in [-0.05, 0) is 25.5 Å². The number of benzene rings is 1. The molecule has 0 saturated heterocycles. The summed E-state index contributed by atoms with van der Waals surface area (Å²) in [6.45, 7) is 2.70. The van der Waals surface area contributed by atoms with Gasteiger partial charge in [0.15, 0.2) is 5.82 Å². The number of halogens is 3. The topological polar surface area (TPSA) is 83.5 Å². The number of hydrogen-bond donors (Lipinski definition) is 2. The van der Waals surface area contributed by atoms with Crippen LogP contribution in [0, 0.1) is 5.82 Å². The molecular formula is C11H12Cl2FNO4S. The average Bonchev–Trinajstić information content (AvgIpc) is 2.34. The van der Waals surface area contributed by atoms with E-state index in [1.165, 1.54) is 13.8 Å². The minimum Gasteiger partial charge on any atom is -0.480 e. The third kappa shape index (κ3) is 3.22. The van der Waals surface area contributed by atoms with Crippen LogP contribution in [-0.2, 0) is 14.8 Å². The Hall–Kier alpha value is -0.890. The van der Waals surface area contributed by atoms with Crippen molar-refractivity contribution in [1.29, 1.82) is 0 Å². The number of hydrogen-bond acceptors (Lipinski definition) is 3. The quantitative estimate of drug-likeness (QED) is 0.805. The number of aliphatic carboxylic acids is 1. The van der Waals surface area contributed by atoms with E-state index >= 15 is 0 Å². The summed E-state index contributed by atoms with van der Waals surface area (Å²) in [4.78, 5) is 10.5. The van der Waals surface area contributed by atoms with E-state index in [9.17, 15) is 17.6 Å². The van der Waals surface area contributed by atoms with Crippen LogP contribution in [0.25, 0.3) is 0 Å². The van der Waals surface area contributed by atoms with Crippen molar-refractivity contribution in [2.75, 3.05) is 0 Å². The number of sulfonamides is 1. The first-order valence-electron chi connectivity index (χ1n) is 5.46. The Morgan fingerprint density at radius 2 is 2.00 bits per heavy atom. The molecule has 0 aliphatic carbocycles. The molecule has 0 fully saturated rings. The molecule has 0 heterocycles. The monoisotopic (exact) mass is 343 g/mol. The van der Waals surface area contributed by atoms with Gasteiger partial charge >= 0.3 is 5.97 Å². The van der Waals surface area contributed by atoms with Crippen LogP contribution in [0.1, 0.15) is 20.3 Å². The van der Waals surface area contributed by atoms with E-state index in [0.29, 0.717) is 0 Å². The molecule has 5 nitrogen and oxygen atoms in total. The summed E-state index contributed by atoms with van der Waals surface area (Å²) < 4.78 is 39.8. The lowest BCUT2D eigenvalue weighted by Crippen LogP contribution is -2.51. The van der Waals surface area contributed by atoms with Gasteiger partial charge in [0.05, 0.1) is 10.0 Å². The molecule has 0 saturated carbocycles. The highest BCUT2D eigenvalue weighted by molar-refractivity contribution is 7.89. The summed E-state index contributed by atoms with van der Waals surface area (Å²) in [7, 11) is -4.31. The highest BCUT2D eigenvalue weighted by Gasteiger charge is 2.37. The molecule has 0 bridgehead atoms. The standard InChI is InChI=1S/C11H12Cl2FNO4S/c1-3-11(2,10(16)17)15-20(18,19)7-5-4-6(12)9(14)8(7)13/h4-5,15H,3H2,1-2H3,(H,16,17). The van der Waals surface area contributed by atoms with Gasteiger partial charge in [-0.25, -0.2) is 12.8 Å². The molecule has 0 aliphatic rings. The Morgan fingerprint density at radius 1 is 1.45 bits per heavy atom. The summed E-state index contributed by atoms with van der Waals surface area (Å²) in [5.74, 6) is -2.43. The van der Waals surface area contributed by atoms with E-state index in [1.807, 2.05) is 4.72 Å². The molecule has 0 radical (unpaired) electrons. The smallest absolute Gasteiger partial charge is 0.324 e. The molecule has 1 aromatic rings. The lowest BCUT2D eigenvalue weighted by molar-refractivity contribution is -0.143. The van der Waals surface area contributed by atoms with Crippen LogP contribution in [0.4, 0.5) is 4.39 Å². The predicted molar refractivity (Wildman–Crippen MR) is 73.1 cm³/mol. The van der Waals surface area contributed by atoms with Crippen molar-refractivity contribution in [1.82, 2.24) is 4.72 Å². The maximum Gasteiger partial charge on any atom is 0.324 e. The van der Waals surface area contributed by atoms with E-state index in [4.69, 9.17) is 28.3 Å². The highest BCUT2D eigenvalue weighted by Crippen LogP contribution is 2.30. The molecule has 1 rings (SSSR count). The average molecular weight is 344 g/mol. The zero-order valence-corrected chi connectivity index (χ0v) is 12.9. The molecular weight excluding hydrogens is 332 g/mol. The maximum atomic E-state index is 13.5. The molecule has 9 heteroatoms. The van der Waals surface area contributed by atoms with Crippen LogP contribution in [0.15, 0.2) is 17.0 Å². The molecule has 0 amide bonds. The minimum atomic E-state index is -4.31. The summed E-state index contributed by atoms with van der Waals surface area (Å²) in [6.07, 6.45) is -0.00471. The van der Waals surface area contributed by atoms with Gasteiger partial charge in [-0.3, -0.25) is 4.79 Å². The lowest BCUT2D eigenvalue weighted by Gasteiger charge is -2.24. The molecule has 0 spiro atoms. The van der Waals surface area contributed by atoms with Crippen LogP contribution < -0.4 is 4.72 Å². The van der Waals surface area contributed by atoms with Crippen LogP contribution in [0.2, 0.25) is 10.0 Å². The Morgan fingerprint density at radius 3 is 2.45 bits per heavy atom.